The first-order valence-corrected chi connectivity index (χ1v) is 10.7. The van der Waals surface area contributed by atoms with Crippen LogP contribution in [-0.4, -0.2) is 99.7 Å². The van der Waals surface area contributed by atoms with E-state index in [1.165, 1.54) is 16.8 Å². The van der Waals surface area contributed by atoms with E-state index in [0.29, 0.717) is 6.04 Å². The standard InChI is InChI=1S/C22H38N6/c1-6-23-22(24-16-20-17-25(4)10-11-26(20)5)28-14-12-27(13-15-28)21-9-7-8-18(2)19(21)3/h7-9,20H,6,10-17H2,1-5H3,(H,23,24). The number of hydrogen-bond donors (Lipinski definition) is 1. The smallest absolute Gasteiger partial charge is 0.194 e. The van der Waals surface area contributed by atoms with Gasteiger partial charge in [0.05, 0.1) is 6.54 Å². The van der Waals surface area contributed by atoms with Crippen LogP contribution in [0.4, 0.5) is 5.69 Å². The third-order valence-corrected chi connectivity index (χ3v) is 6.26. The predicted molar refractivity (Wildman–Crippen MR) is 120 cm³/mol. The highest BCUT2D eigenvalue weighted by atomic mass is 15.4. The topological polar surface area (TPSA) is 37.4 Å². The van der Waals surface area contributed by atoms with E-state index in [2.05, 4.69) is 78.0 Å². The van der Waals surface area contributed by atoms with Crippen LogP contribution < -0.4 is 10.2 Å². The largest absolute Gasteiger partial charge is 0.368 e. The Bertz CT molecular complexity index is 665. The molecule has 0 saturated carbocycles. The van der Waals surface area contributed by atoms with E-state index in [1.54, 1.807) is 0 Å². The molecule has 0 aliphatic carbocycles. The first-order chi connectivity index (χ1) is 13.5. The van der Waals surface area contributed by atoms with Gasteiger partial charge in [0, 0.05) is 64.1 Å². The first-order valence-electron chi connectivity index (χ1n) is 10.7. The second-order valence-electron chi connectivity index (χ2n) is 8.28. The number of nitrogens with one attached hydrogen (secondary N) is 1. The Morgan fingerprint density at radius 3 is 2.54 bits per heavy atom. The second-order valence-corrected chi connectivity index (χ2v) is 8.28. The monoisotopic (exact) mass is 386 g/mol. The molecule has 28 heavy (non-hydrogen) atoms. The minimum atomic E-state index is 0.503. The summed E-state index contributed by atoms with van der Waals surface area (Å²) >= 11 is 0. The highest BCUT2D eigenvalue weighted by Crippen LogP contribution is 2.23. The highest BCUT2D eigenvalue weighted by Gasteiger charge is 2.24. The molecule has 2 aliphatic heterocycles. The lowest BCUT2D eigenvalue weighted by Gasteiger charge is -2.39. The van der Waals surface area contributed by atoms with Crippen LogP contribution in [0, 0.1) is 13.8 Å². The van der Waals surface area contributed by atoms with E-state index in [9.17, 15) is 0 Å². The van der Waals surface area contributed by atoms with Gasteiger partial charge in [-0.1, -0.05) is 12.1 Å². The van der Waals surface area contributed by atoms with E-state index < -0.39 is 0 Å². The van der Waals surface area contributed by atoms with Crippen molar-refractivity contribution in [1.82, 2.24) is 20.0 Å². The van der Waals surface area contributed by atoms with Gasteiger partial charge >= 0.3 is 0 Å². The quantitative estimate of drug-likeness (QED) is 0.629. The average Bonchev–Trinajstić information content (AvgIpc) is 2.70. The average molecular weight is 387 g/mol. The van der Waals surface area contributed by atoms with Crippen LogP contribution >= 0.6 is 0 Å². The maximum absolute atomic E-state index is 5.02. The Balaban J connectivity index is 1.61. The van der Waals surface area contributed by atoms with Gasteiger partial charge in [0.1, 0.15) is 0 Å². The van der Waals surface area contributed by atoms with Crippen molar-refractivity contribution < 1.29 is 0 Å². The van der Waals surface area contributed by atoms with Crippen LogP contribution in [0.2, 0.25) is 0 Å². The summed E-state index contributed by atoms with van der Waals surface area (Å²) in [6.07, 6.45) is 0. The minimum Gasteiger partial charge on any atom is -0.368 e. The predicted octanol–water partition coefficient (Wildman–Crippen LogP) is 1.64. The van der Waals surface area contributed by atoms with E-state index in [4.69, 9.17) is 4.99 Å². The molecule has 2 aliphatic rings. The molecular weight excluding hydrogens is 348 g/mol. The molecule has 156 valence electrons. The fourth-order valence-electron chi connectivity index (χ4n) is 4.15. The van der Waals surface area contributed by atoms with Crippen LogP contribution in [-0.2, 0) is 0 Å². The van der Waals surface area contributed by atoms with E-state index >= 15 is 0 Å². The van der Waals surface area contributed by atoms with Gasteiger partial charge in [0.25, 0.3) is 0 Å². The van der Waals surface area contributed by atoms with Gasteiger partial charge in [0.2, 0.25) is 0 Å². The number of piperazine rings is 2. The molecule has 6 heteroatoms. The molecule has 3 rings (SSSR count). The Morgan fingerprint density at radius 1 is 1.07 bits per heavy atom. The van der Waals surface area contributed by atoms with Crippen molar-refractivity contribution in [2.24, 2.45) is 4.99 Å². The van der Waals surface area contributed by atoms with Gasteiger partial charge in [-0.2, -0.15) is 0 Å². The molecule has 0 bridgehead atoms. The Kier molecular flexibility index (Phi) is 7.18. The van der Waals surface area contributed by atoms with Gasteiger partial charge in [0.15, 0.2) is 5.96 Å². The Labute approximate surface area is 171 Å². The number of aliphatic imine (C=N–C) groups is 1. The van der Waals surface area contributed by atoms with Crippen molar-refractivity contribution in [2.75, 3.05) is 77.9 Å². The molecule has 6 nitrogen and oxygen atoms in total. The summed E-state index contributed by atoms with van der Waals surface area (Å²) in [6.45, 7) is 15.9. The van der Waals surface area contributed by atoms with Crippen LogP contribution in [0.15, 0.2) is 23.2 Å². The fraction of sp³-hybridized carbons (Fsp3) is 0.682. The summed E-state index contributed by atoms with van der Waals surface area (Å²) in [5.74, 6) is 1.07. The highest BCUT2D eigenvalue weighted by molar-refractivity contribution is 5.80. The van der Waals surface area contributed by atoms with Crippen LogP contribution in [0.1, 0.15) is 18.1 Å². The Hall–Kier alpha value is -1.79. The number of anilines is 1. The van der Waals surface area contributed by atoms with Gasteiger partial charge < -0.3 is 20.0 Å². The summed E-state index contributed by atoms with van der Waals surface area (Å²) in [5.41, 5.74) is 4.16. The molecule has 2 saturated heterocycles. The zero-order valence-electron chi connectivity index (χ0n) is 18.4. The van der Waals surface area contributed by atoms with Gasteiger partial charge in [-0.05, 0) is 52.1 Å². The number of likely N-dealkylation sites (N-methyl/N-ethyl adjacent to an activating group) is 2. The number of hydrogen-bond acceptors (Lipinski definition) is 4. The molecule has 0 aromatic heterocycles. The van der Waals surface area contributed by atoms with Crippen molar-refractivity contribution in [2.45, 2.75) is 26.8 Å². The van der Waals surface area contributed by atoms with Crippen molar-refractivity contribution >= 4 is 11.6 Å². The van der Waals surface area contributed by atoms with Crippen LogP contribution in [0.25, 0.3) is 0 Å². The van der Waals surface area contributed by atoms with Gasteiger partial charge in [-0.25, -0.2) is 0 Å². The summed E-state index contributed by atoms with van der Waals surface area (Å²) in [7, 11) is 4.44. The SMILES string of the molecule is CCNC(=NCC1CN(C)CCN1C)N1CCN(c2cccc(C)c2C)CC1. The molecule has 2 heterocycles. The third kappa shape index (κ3) is 4.97. The molecule has 0 amide bonds. The second kappa shape index (κ2) is 9.61. The van der Waals surface area contributed by atoms with Crippen molar-refractivity contribution in [1.29, 1.82) is 0 Å². The molecule has 0 spiro atoms. The van der Waals surface area contributed by atoms with Crippen molar-refractivity contribution in [3.8, 4) is 0 Å². The zero-order valence-corrected chi connectivity index (χ0v) is 18.4. The van der Waals surface area contributed by atoms with Crippen molar-refractivity contribution in [3.63, 3.8) is 0 Å². The number of nitrogens with zero attached hydrogens (tertiary/aromatic N) is 5. The number of aryl methyl sites for hydroxylation is 1. The minimum absolute atomic E-state index is 0.503. The number of guanidine groups is 1. The molecule has 2 fully saturated rings. The third-order valence-electron chi connectivity index (χ3n) is 6.26. The molecular formula is C22H38N6. The normalized spacial score (nSPS) is 22.6. The Morgan fingerprint density at radius 2 is 1.82 bits per heavy atom. The molecule has 1 aromatic carbocycles. The van der Waals surface area contributed by atoms with E-state index in [0.717, 1.165) is 64.9 Å². The molecule has 1 N–H and O–H groups in total. The maximum Gasteiger partial charge on any atom is 0.194 e. The maximum atomic E-state index is 5.02. The lowest BCUT2D eigenvalue weighted by Crippen LogP contribution is -2.54. The molecule has 1 aromatic rings. The van der Waals surface area contributed by atoms with Crippen LogP contribution in [0.5, 0.6) is 0 Å². The van der Waals surface area contributed by atoms with E-state index in [1.807, 2.05) is 0 Å². The summed E-state index contributed by atoms with van der Waals surface area (Å²) in [6, 6.07) is 7.13. The van der Waals surface area contributed by atoms with Gasteiger partial charge in [-0.15, -0.1) is 0 Å². The lowest BCUT2D eigenvalue weighted by atomic mass is 10.1. The summed E-state index contributed by atoms with van der Waals surface area (Å²) in [4.78, 5) is 14.8. The van der Waals surface area contributed by atoms with E-state index in [-0.39, 0.29) is 0 Å². The zero-order chi connectivity index (χ0) is 20.1. The van der Waals surface area contributed by atoms with Gasteiger partial charge in [-0.3, -0.25) is 9.89 Å². The molecule has 1 unspecified atom stereocenters. The summed E-state index contributed by atoms with van der Waals surface area (Å²) in [5, 5.41) is 3.52. The lowest BCUT2D eigenvalue weighted by molar-refractivity contribution is 0.119. The van der Waals surface area contributed by atoms with Crippen LogP contribution in [0.3, 0.4) is 0 Å². The first kappa shape index (κ1) is 20.9. The summed E-state index contributed by atoms with van der Waals surface area (Å²) < 4.78 is 0. The number of benzene rings is 1. The molecule has 1 atom stereocenters. The van der Waals surface area contributed by atoms with Crippen molar-refractivity contribution in [3.05, 3.63) is 29.3 Å². The number of rotatable bonds is 4. The molecule has 0 radical (unpaired) electrons. The fourth-order valence-corrected chi connectivity index (χ4v) is 4.15.